The number of phenols is 1. The summed E-state index contributed by atoms with van der Waals surface area (Å²) in [4.78, 5) is 16.9. The van der Waals surface area contributed by atoms with Crippen molar-refractivity contribution < 1.29 is 14.6 Å². The van der Waals surface area contributed by atoms with Crippen molar-refractivity contribution in [2.24, 2.45) is 0 Å². The molecule has 1 heterocycles. The minimum atomic E-state index is -0.132. The molecule has 104 valence electrons. The van der Waals surface area contributed by atoms with Crippen LogP contribution in [-0.2, 0) is 0 Å². The Balaban J connectivity index is 2.13. The van der Waals surface area contributed by atoms with Gasteiger partial charge in [-0.1, -0.05) is 18.2 Å². The van der Waals surface area contributed by atoms with Crippen LogP contribution in [-0.4, -0.2) is 23.0 Å². The van der Waals surface area contributed by atoms with Crippen LogP contribution in [0.15, 0.2) is 54.7 Å². The predicted molar refractivity (Wildman–Crippen MR) is 79.8 cm³/mol. The molecule has 0 unspecified atom stereocenters. The zero-order valence-electron chi connectivity index (χ0n) is 11.4. The number of hydrogen-bond donors (Lipinski definition) is 1. The van der Waals surface area contributed by atoms with Crippen molar-refractivity contribution in [3.8, 4) is 11.5 Å². The van der Waals surface area contributed by atoms with Gasteiger partial charge >= 0.3 is 0 Å². The average molecular weight is 279 g/mol. The quantitative estimate of drug-likeness (QED) is 0.748. The lowest BCUT2D eigenvalue weighted by Gasteiger charge is -2.08. The van der Waals surface area contributed by atoms with Gasteiger partial charge in [-0.05, 0) is 30.3 Å². The first-order chi connectivity index (χ1) is 10.2. The largest absolute Gasteiger partial charge is 0.504 e. The van der Waals surface area contributed by atoms with Crippen LogP contribution < -0.4 is 4.74 Å². The van der Waals surface area contributed by atoms with Gasteiger partial charge in [0.05, 0.1) is 12.6 Å². The minimum Gasteiger partial charge on any atom is -0.504 e. The van der Waals surface area contributed by atoms with Crippen molar-refractivity contribution in [2.45, 2.75) is 0 Å². The second-order valence-corrected chi connectivity index (χ2v) is 4.59. The number of pyridine rings is 1. The topological polar surface area (TPSA) is 59.4 Å². The molecule has 0 fully saturated rings. The fourth-order valence-corrected chi connectivity index (χ4v) is 2.27. The third-order valence-electron chi connectivity index (χ3n) is 3.34. The molecule has 0 amide bonds. The van der Waals surface area contributed by atoms with Gasteiger partial charge in [0.1, 0.15) is 0 Å². The number of para-hydroxylation sites is 1. The number of hydrogen-bond acceptors (Lipinski definition) is 4. The fraction of sp³-hybridized carbons (Fsp3) is 0.0588. The Morgan fingerprint density at radius 1 is 1.14 bits per heavy atom. The molecular weight excluding hydrogens is 266 g/mol. The summed E-state index contributed by atoms with van der Waals surface area (Å²) in [6.45, 7) is 0. The molecule has 3 aromatic rings. The van der Waals surface area contributed by atoms with Crippen molar-refractivity contribution >= 4 is 16.7 Å². The lowest BCUT2D eigenvalue weighted by Crippen LogP contribution is -2.03. The van der Waals surface area contributed by atoms with Crippen LogP contribution in [0.25, 0.3) is 10.9 Å². The van der Waals surface area contributed by atoms with Crippen LogP contribution >= 0.6 is 0 Å². The van der Waals surface area contributed by atoms with E-state index in [1.807, 2.05) is 24.3 Å². The maximum absolute atomic E-state index is 12.7. The Labute approximate surface area is 121 Å². The second-order valence-electron chi connectivity index (χ2n) is 4.59. The highest BCUT2D eigenvalue weighted by molar-refractivity contribution is 6.16. The molecule has 0 saturated heterocycles. The van der Waals surface area contributed by atoms with Crippen molar-refractivity contribution in [2.75, 3.05) is 7.11 Å². The van der Waals surface area contributed by atoms with E-state index in [-0.39, 0.29) is 17.3 Å². The number of ether oxygens (including phenoxy) is 1. The fourth-order valence-electron chi connectivity index (χ4n) is 2.27. The van der Waals surface area contributed by atoms with Crippen molar-refractivity contribution in [1.29, 1.82) is 0 Å². The van der Waals surface area contributed by atoms with E-state index in [1.54, 1.807) is 18.3 Å². The molecule has 0 saturated carbocycles. The number of nitrogens with zero attached hydrogens (tertiary/aromatic N) is 1. The van der Waals surface area contributed by atoms with E-state index in [4.69, 9.17) is 4.74 Å². The Bertz CT molecular complexity index is 822. The van der Waals surface area contributed by atoms with E-state index in [9.17, 15) is 9.90 Å². The predicted octanol–water partition coefficient (Wildman–Crippen LogP) is 3.18. The van der Waals surface area contributed by atoms with Gasteiger partial charge in [-0.15, -0.1) is 0 Å². The van der Waals surface area contributed by atoms with Gasteiger partial charge in [0, 0.05) is 22.7 Å². The Kier molecular flexibility index (Phi) is 3.28. The highest BCUT2D eigenvalue weighted by Crippen LogP contribution is 2.28. The van der Waals surface area contributed by atoms with Crippen LogP contribution in [0.3, 0.4) is 0 Å². The molecule has 21 heavy (non-hydrogen) atoms. The molecule has 1 N–H and O–H groups in total. The summed E-state index contributed by atoms with van der Waals surface area (Å²) in [6, 6.07) is 13.8. The monoisotopic (exact) mass is 279 g/mol. The molecule has 0 aliphatic carbocycles. The van der Waals surface area contributed by atoms with E-state index in [0.29, 0.717) is 11.1 Å². The van der Waals surface area contributed by atoms with E-state index in [2.05, 4.69) is 4.98 Å². The maximum Gasteiger partial charge on any atom is 0.193 e. The molecule has 0 radical (unpaired) electrons. The van der Waals surface area contributed by atoms with Gasteiger partial charge in [0.2, 0.25) is 0 Å². The van der Waals surface area contributed by atoms with Gasteiger partial charge in [0.25, 0.3) is 0 Å². The van der Waals surface area contributed by atoms with E-state index < -0.39 is 0 Å². The highest BCUT2D eigenvalue weighted by Gasteiger charge is 2.14. The molecule has 3 rings (SSSR count). The number of ketones is 1. The van der Waals surface area contributed by atoms with Crippen molar-refractivity contribution in [3.05, 3.63) is 65.9 Å². The molecule has 0 spiro atoms. The van der Waals surface area contributed by atoms with Crippen molar-refractivity contribution in [1.82, 2.24) is 4.98 Å². The van der Waals surface area contributed by atoms with Gasteiger partial charge in [-0.3, -0.25) is 9.78 Å². The number of benzene rings is 2. The molecule has 0 aliphatic rings. The highest BCUT2D eigenvalue weighted by atomic mass is 16.5. The summed E-state index contributed by atoms with van der Waals surface area (Å²) in [7, 11) is 1.45. The first-order valence-corrected chi connectivity index (χ1v) is 6.46. The first kappa shape index (κ1) is 13.1. The van der Waals surface area contributed by atoms with Crippen LogP contribution in [0.4, 0.5) is 0 Å². The molecule has 4 heteroatoms. The third kappa shape index (κ3) is 2.31. The summed E-state index contributed by atoms with van der Waals surface area (Å²) >= 11 is 0. The minimum absolute atomic E-state index is 0.00800. The smallest absolute Gasteiger partial charge is 0.193 e. The lowest BCUT2D eigenvalue weighted by atomic mass is 9.99. The zero-order chi connectivity index (χ0) is 14.8. The SMILES string of the molecule is COc1cc(C(=O)c2ccnc3ccccc23)ccc1O. The van der Waals surface area contributed by atoms with E-state index in [0.717, 1.165) is 10.9 Å². The lowest BCUT2D eigenvalue weighted by molar-refractivity contribution is 0.104. The number of phenolic OH excluding ortho intramolecular Hbond substituents is 1. The van der Waals surface area contributed by atoms with Crippen LogP contribution in [0.2, 0.25) is 0 Å². The van der Waals surface area contributed by atoms with E-state index in [1.165, 1.54) is 19.2 Å². The molecule has 0 aliphatic heterocycles. The van der Waals surface area contributed by atoms with Gasteiger partial charge in [-0.25, -0.2) is 0 Å². The van der Waals surface area contributed by atoms with E-state index >= 15 is 0 Å². The number of carbonyl (C=O) groups is 1. The Morgan fingerprint density at radius 2 is 1.95 bits per heavy atom. The molecule has 1 aromatic heterocycles. The number of rotatable bonds is 3. The van der Waals surface area contributed by atoms with Gasteiger partial charge < -0.3 is 9.84 Å². The van der Waals surface area contributed by atoms with Crippen LogP contribution in [0.5, 0.6) is 11.5 Å². The number of aromatic nitrogens is 1. The van der Waals surface area contributed by atoms with Gasteiger partial charge in [-0.2, -0.15) is 0 Å². The standard InChI is InChI=1S/C17H13NO3/c1-21-16-10-11(6-7-15(16)19)17(20)13-8-9-18-14-5-3-2-4-12(13)14/h2-10,19H,1H3. The summed E-state index contributed by atoms with van der Waals surface area (Å²) < 4.78 is 5.04. The average Bonchev–Trinajstić information content (AvgIpc) is 2.54. The summed E-state index contributed by atoms with van der Waals surface area (Å²) in [5.74, 6) is 0.153. The van der Waals surface area contributed by atoms with Crippen LogP contribution in [0.1, 0.15) is 15.9 Å². The Morgan fingerprint density at radius 3 is 2.76 bits per heavy atom. The molecule has 2 aromatic carbocycles. The molecule has 0 atom stereocenters. The third-order valence-corrected chi connectivity index (χ3v) is 3.34. The summed E-state index contributed by atoms with van der Waals surface area (Å²) in [6.07, 6.45) is 1.62. The molecule has 0 bridgehead atoms. The summed E-state index contributed by atoms with van der Waals surface area (Å²) in [5, 5.41) is 10.4. The first-order valence-electron chi connectivity index (χ1n) is 6.46. The number of fused-ring (bicyclic) bond motifs is 1. The van der Waals surface area contributed by atoms with Gasteiger partial charge in [0.15, 0.2) is 17.3 Å². The van der Waals surface area contributed by atoms with Crippen molar-refractivity contribution in [3.63, 3.8) is 0 Å². The molecule has 4 nitrogen and oxygen atoms in total. The maximum atomic E-state index is 12.7. The zero-order valence-corrected chi connectivity index (χ0v) is 11.4. The summed E-state index contributed by atoms with van der Waals surface area (Å²) in [5.41, 5.74) is 1.81. The number of methoxy groups -OCH3 is 1. The van der Waals surface area contributed by atoms with Crippen LogP contribution in [0, 0.1) is 0 Å². The second kappa shape index (κ2) is 5.25. The normalized spacial score (nSPS) is 10.5. The Hall–Kier alpha value is -2.88. The number of aromatic hydroxyl groups is 1. The molecular formula is C17H13NO3. The number of carbonyl (C=O) groups excluding carboxylic acids is 1.